The molecule has 1 aromatic carbocycles. The number of carbonyl (C=O) groups excluding carboxylic acids is 1. The van der Waals surface area contributed by atoms with Gasteiger partial charge in [-0.25, -0.2) is 4.39 Å². The van der Waals surface area contributed by atoms with E-state index in [4.69, 9.17) is 0 Å². The van der Waals surface area contributed by atoms with Gasteiger partial charge >= 0.3 is 0 Å². The van der Waals surface area contributed by atoms with Crippen molar-refractivity contribution < 1.29 is 9.18 Å². The van der Waals surface area contributed by atoms with Crippen molar-refractivity contribution in [3.05, 3.63) is 46.0 Å². The normalized spacial score (nSPS) is 10.8. The third-order valence-corrected chi connectivity index (χ3v) is 3.61. The highest BCUT2D eigenvalue weighted by molar-refractivity contribution is 5.79. The Bertz CT molecular complexity index is 709. The summed E-state index contributed by atoms with van der Waals surface area (Å²) in [6.45, 7) is 2.79. The molecule has 1 aromatic heterocycles. The van der Waals surface area contributed by atoms with Crippen LogP contribution in [0.3, 0.4) is 0 Å². The maximum Gasteiger partial charge on any atom is 0.251 e. The minimum Gasteiger partial charge on any atom is -0.356 e. The van der Waals surface area contributed by atoms with Crippen LogP contribution in [-0.2, 0) is 11.2 Å². The SMILES string of the molecule is CCCCCNC(=O)CCc1cc2ccc(F)cc2[nH]c1=O. The Labute approximate surface area is 128 Å². The standard InChI is InChI=1S/C17H21FN2O2/c1-2-3-4-9-19-16(21)8-6-13-10-12-5-7-14(18)11-15(12)20-17(13)22/h5,7,10-11H,2-4,6,8-9H2,1H3,(H,19,21)(H,20,22). The maximum atomic E-state index is 13.1. The van der Waals surface area contributed by atoms with Crippen LogP contribution in [0.5, 0.6) is 0 Å². The Kier molecular flexibility index (Phi) is 5.69. The zero-order valence-corrected chi connectivity index (χ0v) is 12.7. The van der Waals surface area contributed by atoms with Gasteiger partial charge in [-0.3, -0.25) is 9.59 Å². The van der Waals surface area contributed by atoms with Gasteiger partial charge in [0.05, 0.1) is 5.52 Å². The number of fused-ring (bicyclic) bond motifs is 1. The molecule has 0 atom stereocenters. The lowest BCUT2D eigenvalue weighted by Gasteiger charge is -2.05. The van der Waals surface area contributed by atoms with Crippen LogP contribution in [0.4, 0.5) is 4.39 Å². The maximum absolute atomic E-state index is 13.1. The van der Waals surface area contributed by atoms with Crippen molar-refractivity contribution >= 4 is 16.8 Å². The first-order valence-corrected chi connectivity index (χ1v) is 7.68. The second-order valence-electron chi connectivity index (χ2n) is 5.41. The van der Waals surface area contributed by atoms with Crippen LogP contribution in [0.2, 0.25) is 0 Å². The Morgan fingerprint density at radius 3 is 2.86 bits per heavy atom. The van der Waals surface area contributed by atoms with E-state index in [2.05, 4.69) is 17.2 Å². The first-order valence-electron chi connectivity index (χ1n) is 7.68. The highest BCUT2D eigenvalue weighted by Gasteiger charge is 2.07. The van der Waals surface area contributed by atoms with E-state index in [9.17, 15) is 14.0 Å². The van der Waals surface area contributed by atoms with E-state index in [1.165, 1.54) is 12.1 Å². The molecule has 0 aliphatic carbocycles. The molecule has 0 unspecified atom stereocenters. The number of hydrogen-bond donors (Lipinski definition) is 2. The number of aryl methyl sites for hydroxylation is 1. The van der Waals surface area contributed by atoms with E-state index >= 15 is 0 Å². The van der Waals surface area contributed by atoms with Gasteiger partial charge in [-0.05, 0) is 42.5 Å². The third kappa shape index (κ3) is 4.41. The molecule has 5 heteroatoms. The largest absolute Gasteiger partial charge is 0.356 e. The fourth-order valence-corrected chi connectivity index (χ4v) is 2.34. The number of pyridine rings is 1. The van der Waals surface area contributed by atoms with Crippen molar-refractivity contribution in [1.82, 2.24) is 10.3 Å². The van der Waals surface area contributed by atoms with Crippen LogP contribution < -0.4 is 10.9 Å². The lowest BCUT2D eigenvalue weighted by molar-refractivity contribution is -0.121. The van der Waals surface area contributed by atoms with Gasteiger partial charge in [0.25, 0.3) is 5.56 Å². The molecule has 1 heterocycles. The number of carbonyl (C=O) groups is 1. The average molecular weight is 304 g/mol. The quantitative estimate of drug-likeness (QED) is 0.773. The molecule has 2 N–H and O–H groups in total. The second kappa shape index (κ2) is 7.73. The molecule has 2 rings (SSSR count). The highest BCUT2D eigenvalue weighted by Crippen LogP contribution is 2.13. The lowest BCUT2D eigenvalue weighted by atomic mass is 10.1. The summed E-state index contributed by atoms with van der Waals surface area (Å²) in [4.78, 5) is 26.3. The summed E-state index contributed by atoms with van der Waals surface area (Å²) in [5, 5.41) is 3.61. The molecule has 118 valence electrons. The van der Waals surface area contributed by atoms with E-state index in [1.54, 1.807) is 12.1 Å². The van der Waals surface area contributed by atoms with Gasteiger partial charge in [0.1, 0.15) is 5.82 Å². The summed E-state index contributed by atoms with van der Waals surface area (Å²) in [5.74, 6) is -0.433. The molecule has 0 fully saturated rings. The van der Waals surface area contributed by atoms with Crippen LogP contribution in [0, 0.1) is 5.82 Å². The minimum absolute atomic E-state index is 0.0466. The summed E-state index contributed by atoms with van der Waals surface area (Å²) in [5.41, 5.74) is 0.748. The minimum atomic E-state index is -0.387. The number of benzene rings is 1. The number of amides is 1. The number of hydrogen-bond acceptors (Lipinski definition) is 2. The molecule has 2 aromatic rings. The molecule has 0 saturated heterocycles. The van der Waals surface area contributed by atoms with Crippen molar-refractivity contribution in [2.24, 2.45) is 0 Å². The first-order chi connectivity index (χ1) is 10.6. The number of rotatable bonds is 7. The third-order valence-electron chi connectivity index (χ3n) is 3.61. The molecule has 0 aliphatic heterocycles. The summed E-state index contributed by atoms with van der Waals surface area (Å²) < 4.78 is 13.1. The molecule has 1 amide bonds. The number of H-pyrrole nitrogens is 1. The van der Waals surface area contributed by atoms with Crippen molar-refractivity contribution in [2.75, 3.05) is 6.54 Å². The van der Waals surface area contributed by atoms with Crippen molar-refractivity contribution in [3.8, 4) is 0 Å². The number of aromatic nitrogens is 1. The van der Waals surface area contributed by atoms with Gasteiger partial charge in [0.15, 0.2) is 0 Å². The number of nitrogens with one attached hydrogen (secondary N) is 2. The van der Waals surface area contributed by atoms with Crippen molar-refractivity contribution in [2.45, 2.75) is 39.0 Å². The fourth-order valence-electron chi connectivity index (χ4n) is 2.34. The smallest absolute Gasteiger partial charge is 0.251 e. The van der Waals surface area contributed by atoms with Gasteiger partial charge in [-0.2, -0.15) is 0 Å². The van der Waals surface area contributed by atoms with Gasteiger partial charge in [0, 0.05) is 18.5 Å². The predicted octanol–water partition coefficient (Wildman–Crippen LogP) is 2.91. The van der Waals surface area contributed by atoms with Gasteiger partial charge in [-0.15, -0.1) is 0 Å². The summed E-state index contributed by atoms with van der Waals surface area (Å²) in [6, 6.07) is 5.98. The monoisotopic (exact) mass is 304 g/mol. The van der Waals surface area contributed by atoms with Crippen LogP contribution in [0.25, 0.3) is 10.9 Å². The molecule has 22 heavy (non-hydrogen) atoms. The predicted molar refractivity (Wildman–Crippen MR) is 85.4 cm³/mol. The van der Waals surface area contributed by atoms with E-state index in [1.807, 2.05) is 0 Å². The number of halogens is 1. The first kappa shape index (κ1) is 16.2. The number of unbranched alkanes of at least 4 members (excludes halogenated alkanes) is 2. The van der Waals surface area contributed by atoms with E-state index < -0.39 is 0 Å². The molecule has 0 spiro atoms. The zero-order chi connectivity index (χ0) is 15.9. The highest BCUT2D eigenvalue weighted by atomic mass is 19.1. The number of aromatic amines is 1. The van der Waals surface area contributed by atoms with E-state index in [0.717, 1.165) is 24.6 Å². The summed E-state index contributed by atoms with van der Waals surface area (Å²) in [7, 11) is 0. The van der Waals surface area contributed by atoms with E-state index in [-0.39, 0.29) is 23.7 Å². The molecule has 4 nitrogen and oxygen atoms in total. The van der Waals surface area contributed by atoms with Gasteiger partial charge in [0.2, 0.25) is 5.91 Å². The van der Waals surface area contributed by atoms with Crippen molar-refractivity contribution in [3.63, 3.8) is 0 Å². The lowest BCUT2D eigenvalue weighted by Crippen LogP contribution is -2.25. The summed E-state index contributed by atoms with van der Waals surface area (Å²) in [6.07, 6.45) is 3.85. The fraction of sp³-hybridized carbons (Fsp3) is 0.412. The molecular weight excluding hydrogens is 283 g/mol. The van der Waals surface area contributed by atoms with Crippen LogP contribution >= 0.6 is 0 Å². The molecule has 0 bridgehead atoms. The van der Waals surface area contributed by atoms with Gasteiger partial charge < -0.3 is 10.3 Å². The molecule has 0 saturated carbocycles. The van der Waals surface area contributed by atoms with Crippen LogP contribution in [0.1, 0.15) is 38.2 Å². The Balaban J connectivity index is 1.97. The van der Waals surface area contributed by atoms with Crippen molar-refractivity contribution in [1.29, 1.82) is 0 Å². The van der Waals surface area contributed by atoms with Crippen LogP contribution in [0.15, 0.2) is 29.1 Å². The van der Waals surface area contributed by atoms with Crippen LogP contribution in [-0.4, -0.2) is 17.4 Å². The molecular formula is C17H21FN2O2. The van der Waals surface area contributed by atoms with E-state index in [0.29, 0.717) is 24.0 Å². The topological polar surface area (TPSA) is 62.0 Å². The van der Waals surface area contributed by atoms with Gasteiger partial charge in [-0.1, -0.05) is 19.8 Å². The average Bonchev–Trinajstić information content (AvgIpc) is 2.49. The molecule has 0 aliphatic rings. The Hall–Kier alpha value is -2.17. The summed E-state index contributed by atoms with van der Waals surface area (Å²) >= 11 is 0. The zero-order valence-electron chi connectivity index (χ0n) is 12.7. The molecule has 0 radical (unpaired) electrons. The Morgan fingerprint density at radius 2 is 2.09 bits per heavy atom. The second-order valence-corrected chi connectivity index (χ2v) is 5.41. The Morgan fingerprint density at radius 1 is 1.27 bits per heavy atom.